The van der Waals surface area contributed by atoms with Crippen molar-refractivity contribution in [3.05, 3.63) is 11.8 Å². The molecule has 18 heavy (non-hydrogen) atoms. The van der Waals surface area contributed by atoms with E-state index in [-0.39, 0.29) is 12.3 Å². The van der Waals surface area contributed by atoms with E-state index >= 15 is 0 Å². The zero-order chi connectivity index (χ0) is 13.8. The third-order valence-corrected chi connectivity index (χ3v) is 2.19. The molecular formula is C12H20N4O2. The van der Waals surface area contributed by atoms with Gasteiger partial charge in [0.25, 0.3) is 0 Å². The summed E-state index contributed by atoms with van der Waals surface area (Å²) in [7, 11) is 0. The van der Waals surface area contributed by atoms with Crippen molar-refractivity contribution in [1.82, 2.24) is 9.97 Å². The molecule has 0 fully saturated rings. The summed E-state index contributed by atoms with van der Waals surface area (Å²) in [6.07, 6.45) is 0.203. The van der Waals surface area contributed by atoms with E-state index in [1.165, 1.54) is 0 Å². The number of ether oxygens (including phenoxy) is 1. The summed E-state index contributed by atoms with van der Waals surface area (Å²) in [5.41, 5.74) is 5.50. The minimum atomic E-state index is -0.497. The van der Waals surface area contributed by atoms with Crippen LogP contribution in [0.1, 0.15) is 32.9 Å². The molecule has 1 amide bonds. The monoisotopic (exact) mass is 252 g/mol. The van der Waals surface area contributed by atoms with Crippen molar-refractivity contribution in [1.29, 1.82) is 0 Å². The molecule has 6 heteroatoms. The van der Waals surface area contributed by atoms with Crippen LogP contribution in [0.25, 0.3) is 0 Å². The van der Waals surface area contributed by atoms with E-state index in [4.69, 9.17) is 10.5 Å². The Hall–Kier alpha value is -1.85. The topological polar surface area (TPSA) is 90.1 Å². The number of amides is 1. The van der Waals surface area contributed by atoms with Crippen LogP contribution in [-0.4, -0.2) is 28.0 Å². The van der Waals surface area contributed by atoms with Crippen LogP contribution in [0, 0.1) is 6.92 Å². The molecule has 0 radical (unpaired) electrons. The second-order valence-electron chi connectivity index (χ2n) is 4.76. The van der Waals surface area contributed by atoms with Gasteiger partial charge in [0, 0.05) is 23.7 Å². The summed E-state index contributed by atoms with van der Waals surface area (Å²) in [5, 5.41) is 3.09. The van der Waals surface area contributed by atoms with Crippen molar-refractivity contribution in [2.75, 3.05) is 11.9 Å². The summed E-state index contributed by atoms with van der Waals surface area (Å²) in [6, 6.07) is 1.76. The van der Waals surface area contributed by atoms with Gasteiger partial charge in [0.05, 0.1) is 6.61 Å². The number of nitrogens with one attached hydrogen (secondary N) is 1. The number of primary amides is 1. The molecule has 0 saturated carbocycles. The van der Waals surface area contributed by atoms with Gasteiger partial charge >= 0.3 is 0 Å². The lowest BCUT2D eigenvalue weighted by Gasteiger charge is -2.24. The molecule has 0 aliphatic heterocycles. The number of rotatable bonds is 6. The predicted octanol–water partition coefficient (Wildman–Crippen LogP) is 1.25. The molecule has 0 aromatic carbocycles. The Morgan fingerprint density at radius 2 is 2.17 bits per heavy atom. The van der Waals surface area contributed by atoms with Gasteiger partial charge in [-0.15, -0.1) is 0 Å². The molecule has 1 aromatic rings. The van der Waals surface area contributed by atoms with E-state index in [9.17, 15) is 4.79 Å². The molecule has 0 saturated heterocycles. The first kappa shape index (κ1) is 14.2. The van der Waals surface area contributed by atoms with Crippen molar-refractivity contribution in [3.8, 4) is 5.88 Å². The van der Waals surface area contributed by atoms with Gasteiger partial charge in [0.2, 0.25) is 17.7 Å². The molecule has 0 aliphatic rings. The van der Waals surface area contributed by atoms with Crippen LogP contribution in [0.15, 0.2) is 6.07 Å². The number of hydrogen-bond donors (Lipinski definition) is 2. The van der Waals surface area contributed by atoms with Crippen LogP contribution in [0.4, 0.5) is 5.95 Å². The molecular weight excluding hydrogens is 232 g/mol. The zero-order valence-corrected chi connectivity index (χ0v) is 11.3. The molecule has 3 N–H and O–H groups in total. The van der Waals surface area contributed by atoms with E-state index in [0.29, 0.717) is 18.4 Å². The Morgan fingerprint density at radius 1 is 1.50 bits per heavy atom. The molecule has 6 nitrogen and oxygen atoms in total. The minimum absolute atomic E-state index is 0.203. The normalized spacial score (nSPS) is 11.1. The predicted molar refractivity (Wildman–Crippen MR) is 69.5 cm³/mol. The van der Waals surface area contributed by atoms with Crippen molar-refractivity contribution in [2.24, 2.45) is 5.73 Å². The molecule has 0 spiro atoms. The smallest absolute Gasteiger partial charge is 0.226 e. The maximum absolute atomic E-state index is 11.0. The minimum Gasteiger partial charge on any atom is -0.478 e. The number of nitrogens with two attached hydrogens (primary N) is 1. The van der Waals surface area contributed by atoms with Gasteiger partial charge in [-0.25, -0.2) is 4.98 Å². The van der Waals surface area contributed by atoms with E-state index < -0.39 is 5.54 Å². The number of carbonyl (C=O) groups is 1. The van der Waals surface area contributed by atoms with E-state index in [1.807, 2.05) is 27.7 Å². The van der Waals surface area contributed by atoms with Crippen LogP contribution >= 0.6 is 0 Å². The summed E-state index contributed by atoms with van der Waals surface area (Å²) in [6.45, 7) is 8.02. The maximum atomic E-state index is 11.0. The zero-order valence-electron chi connectivity index (χ0n) is 11.3. The third-order valence-electron chi connectivity index (χ3n) is 2.19. The first-order valence-corrected chi connectivity index (χ1v) is 5.87. The molecule has 0 unspecified atom stereocenters. The standard InChI is InChI=1S/C12H20N4O2/c1-5-18-10-6-8(2)14-11(15-10)16-12(3,4)7-9(13)17/h6H,5,7H2,1-4H3,(H2,13,17)(H,14,15,16). The fraction of sp³-hybridized carbons (Fsp3) is 0.583. The first-order valence-electron chi connectivity index (χ1n) is 5.87. The largest absolute Gasteiger partial charge is 0.478 e. The lowest BCUT2D eigenvalue weighted by atomic mass is 10.0. The van der Waals surface area contributed by atoms with Gasteiger partial charge in [0.15, 0.2) is 0 Å². The number of aryl methyl sites for hydroxylation is 1. The Bertz CT molecular complexity index is 432. The van der Waals surface area contributed by atoms with Gasteiger partial charge < -0.3 is 15.8 Å². The Morgan fingerprint density at radius 3 is 2.72 bits per heavy atom. The van der Waals surface area contributed by atoms with Crippen molar-refractivity contribution in [2.45, 2.75) is 39.7 Å². The Labute approximate surface area is 107 Å². The van der Waals surface area contributed by atoms with E-state index in [1.54, 1.807) is 6.07 Å². The number of carbonyl (C=O) groups excluding carboxylic acids is 1. The van der Waals surface area contributed by atoms with Crippen LogP contribution in [0.2, 0.25) is 0 Å². The third kappa shape index (κ3) is 4.57. The van der Waals surface area contributed by atoms with Gasteiger partial charge in [0.1, 0.15) is 0 Å². The fourth-order valence-electron chi connectivity index (χ4n) is 1.60. The van der Waals surface area contributed by atoms with Crippen LogP contribution in [0.3, 0.4) is 0 Å². The molecule has 1 heterocycles. The van der Waals surface area contributed by atoms with Crippen LogP contribution in [-0.2, 0) is 4.79 Å². The molecule has 1 aromatic heterocycles. The highest BCUT2D eigenvalue weighted by molar-refractivity contribution is 5.75. The highest BCUT2D eigenvalue weighted by Crippen LogP contribution is 2.18. The van der Waals surface area contributed by atoms with E-state index in [0.717, 1.165) is 5.69 Å². The number of anilines is 1. The summed E-state index contributed by atoms with van der Waals surface area (Å²) < 4.78 is 5.34. The highest BCUT2D eigenvalue weighted by Gasteiger charge is 2.21. The molecule has 0 bridgehead atoms. The van der Waals surface area contributed by atoms with Crippen LogP contribution < -0.4 is 15.8 Å². The molecule has 0 atom stereocenters. The average Bonchev–Trinajstić information content (AvgIpc) is 2.12. The van der Waals surface area contributed by atoms with Crippen molar-refractivity contribution < 1.29 is 9.53 Å². The number of hydrogen-bond acceptors (Lipinski definition) is 5. The maximum Gasteiger partial charge on any atom is 0.226 e. The Balaban J connectivity index is 2.86. The number of nitrogens with zero attached hydrogens (tertiary/aromatic N) is 2. The average molecular weight is 252 g/mol. The lowest BCUT2D eigenvalue weighted by Crippen LogP contribution is -2.36. The summed E-state index contributed by atoms with van der Waals surface area (Å²) in [4.78, 5) is 19.4. The van der Waals surface area contributed by atoms with Gasteiger partial charge in [-0.05, 0) is 27.7 Å². The second-order valence-corrected chi connectivity index (χ2v) is 4.76. The van der Waals surface area contributed by atoms with Gasteiger partial charge in [-0.3, -0.25) is 4.79 Å². The second kappa shape index (κ2) is 5.66. The fourth-order valence-corrected chi connectivity index (χ4v) is 1.60. The van der Waals surface area contributed by atoms with Gasteiger partial charge in [-0.1, -0.05) is 0 Å². The van der Waals surface area contributed by atoms with E-state index in [2.05, 4.69) is 15.3 Å². The summed E-state index contributed by atoms with van der Waals surface area (Å²) >= 11 is 0. The SMILES string of the molecule is CCOc1cc(C)nc(NC(C)(C)CC(N)=O)n1. The van der Waals surface area contributed by atoms with Crippen molar-refractivity contribution >= 4 is 11.9 Å². The quantitative estimate of drug-likeness (QED) is 0.795. The van der Waals surface area contributed by atoms with Crippen molar-refractivity contribution in [3.63, 3.8) is 0 Å². The molecule has 100 valence electrons. The summed E-state index contributed by atoms with van der Waals surface area (Å²) in [5.74, 6) is 0.581. The number of aromatic nitrogens is 2. The first-order chi connectivity index (χ1) is 8.32. The molecule has 0 aliphatic carbocycles. The Kier molecular flexibility index (Phi) is 4.47. The van der Waals surface area contributed by atoms with Crippen LogP contribution in [0.5, 0.6) is 5.88 Å². The van der Waals surface area contributed by atoms with Gasteiger partial charge in [-0.2, -0.15) is 4.98 Å². The lowest BCUT2D eigenvalue weighted by molar-refractivity contribution is -0.118. The highest BCUT2D eigenvalue weighted by atomic mass is 16.5. The molecule has 1 rings (SSSR count).